The SMILES string of the molecule is CCCCCN(CCO)C(=O)c1ccccn1. The minimum absolute atomic E-state index is 0.00923. The molecule has 0 unspecified atom stereocenters. The predicted octanol–water partition coefficient (Wildman–Crippen LogP) is 1.71. The molecule has 94 valence electrons. The second-order valence-corrected chi connectivity index (χ2v) is 3.94. The molecule has 0 aliphatic rings. The number of unbranched alkanes of at least 4 members (excludes halogenated alkanes) is 2. The molecule has 0 bridgehead atoms. The van der Waals surface area contributed by atoms with Crippen molar-refractivity contribution in [3.63, 3.8) is 0 Å². The molecule has 4 nitrogen and oxygen atoms in total. The van der Waals surface area contributed by atoms with E-state index in [-0.39, 0.29) is 12.5 Å². The number of pyridine rings is 1. The van der Waals surface area contributed by atoms with Gasteiger partial charge in [-0.15, -0.1) is 0 Å². The van der Waals surface area contributed by atoms with Crippen LogP contribution in [-0.4, -0.2) is 40.6 Å². The Morgan fingerprint density at radius 1 is 1.35 bits per heavy atom. The number of aliphatic hydroxyl groups excluding tert-OH is 1. The van der Waals surface area contributed by atoms with Crippen LogP contribution in [0, 0.1) is 0 Å². The fraction of sp³-hybridized carbons (Fsp3) is 0.538. The number of hydrogen-bond acceptors (Lipinski definition) is 3. The van der Waals surface area contributed by atoms with Crippen molar-refractivity contribution in [1.82, 2.24) is 9.88 Å². The van der Waals surface area contributed by atoms with E-state index in [0.717, 1.165) is 19.3 Å². The third kappa shape index (κ3) is 4.53. The molecule has 1 aromatic rings. The predicted molar refractivity (Wildman–Crippen MR) is 66.8 cm³/mol. The van der Waals surface area contributed by atoms with Gasteiger partial charge in [-0.3, -0.25) is 9.78 Å². The van der Waals surface area contributed by atoms with Crippen molar-refractivity contribution in [2.45, 2.75) is 26.2 Å². The summed E-state index contributed by atoms with van der Waals surface area (Å²) in [5, 5.41) is 8.97. The third-order valence-corrected chi connectivity index (χ3v) is 2.57. The highest BCUT2D eigenvalue weighted by Gasteiger charge is 2.15. The molecular weight excluding hydrogens is 216 g/mol. The van der Waals surface area contributed by atoms with Crippen LogP contribution in [0.4, 0.5) is 0 Å². The highest BCUT2D eigenvalue weighted by molar-refractivity contribution is 5.92. The van der Waals surface area contributed by atoms with Gasteiger partial charge in [-0.1, -0.05) is 25.8 Å². The van der Waals surface area contributed by atoms with Gasteiger partial charge in [0.1, 0.15) is 5.69 Å². The molecule has 4 heteroatoms. The van der Waals surface area contributed by atoms with E-state index in [1.165, 1.54) is 0 Å². The molecular formula is C13H20N2O2. The molecule has 0 radical (unpaired) electrons. The zero-order valence-electron chi connectivity index (χ0n) is 10.3. The Bertz CT molecular complexity index is 327. The van der Waals surface area contributed by atoms with Gasteiger partial charge in [0.2, 0.25) is 0 Å². The number of aromatic nitrogens is 1. The lowest BCUT2D eigenvalue weighted by Crippen LogP contribution is -2.34. The van der Waals surface area contributed by atoms with Gasteiger partial charge in [-0.25, -0.2) is 0 Å². The summed E-state index contributed by atoms with van der Waals surface area (Å²) in [4.78, 5) is 17.8. The van der Waals surface area contributed by atoms with Gasteiger partial charge in [0.25, 0.3) is 5.91 Å². The number of nitrogens with zero attached hydrogens (tertiary/aromatic N) is 2. The lowest BCUT2D eigenvalue weighted by Gasteiger charge is -2.21. The summed E-state index contributed by atoms with van der Waals surface area (Å²) in [6.07, 6.45) is 4.79. The highest BCUT2D eigenvalue weighted by Crippen LogP contribution is 2.04. The smallest absolute Gasteiger partial charge is 0.272 e. The van der Waals surface area contributed by atoms with Crippen molar-refractivity contribution >= 4 is 5.91 Å². The van der Waals surface area contributed by atoms with E-state index in [4.69, 9.17) is 5.11 Å². The quantitative estimate of drug-likeness (QED) is 0.733. The molecule has 0 aliphatic carbocycles. The van der Waals surface area contributed by atoms with Crippen LogP contribution in [0.1, 0.15) is 36.7 Å². The third-order valence-electron chi connectivity index (χ3n) is 2.57. The molecule has 0 aromatic carbocycles. The summed E-state index contributed by atoms with van der Waals surface area (Å²) in [7, 11) is 0. The van der Waals surface area contributed by atoms with Crippen molar-refractivity contribution < 1.29 is 9.90 Å². The molecule has 1 amide bonds. The van der Waals surface area contributed by atoms with Crippen molar-refractivity contribution in [2.24, 2.45) is 0 Å². The van der Waals surface area contributed by atoms with Gasteiger partial charge >= 0.3 is 0 Å². The van der Waals surface area contributed by atoms with E-state index in [9.17, 15) is 4.79 Å². The fourth-order valence-corrected chi connectivity index (χ4v) is 1.64. The Kier molecular flexibility index (Phi) is 6.25. The molecule has 0 atom stereocenters. The molecule has 0 saturated carbocycles. The van der Waals surface area contributed by atoms with Crippen LogP contribution in [0.3, 0.4) is 0 Å². The monoisotopic (exact) mass is 236 g/mol. The summed E-state index contributed by atoms with van der Waals surface area (Å²) in [6.45, 7) is 3.17. The first kappa shape index (κ1) is 13.6. The molecule has 17 heavy (non-hydrogen) atoms. The molecule has 1 rings (SSSR count). The van der Waals surface area contributed by atoms with E-state index >= 15 is 0 Å². The van der Waals surface area contributed by atoms with Crippen LogP contribution < -0.4 is 0 Å². The van der Waals surface area contributed by atoms with Gasteiger partial charge in [-0.2, -0.15) is 0 Å². The van der Waals surface area contributed by atoms with E-state index in [1.54, 1.807) is 29.3 Å². The van der Waals surface area contributed by atoms with Gasteiger partial charge in [0.05, 0.1) is 6.61 Å². The van der Waals surface area contributed by atoms with Gasteiger partial charge in [0, 0.05) is 19.3 Å². The van der Waals surface area contributed by atoms with E-state index in [2.05, 4.69) is 11.9 Å². The molecule has 1 aromatic heterocycles. The zero-order chi connectivity index (χ0) is 12.5. The topological polar surface area (TPSA) is 53.4 Å². The average Bonchev–Trinajstić information content (AvgIpc) is 2.38. The molecule has 0 fully saturated rings. The lowest BCUT2D eigenvalue weighted by molar-refractivity contribution is 0.0713. The van der Waals surface area contributed by atoms with Crippen molar-refractivity contribution in [3.8, 4) is 0 Å². The van der Waals surface area contributed by atoms with Crippen LogP contribution in [-0.2, 0) is 0 Å². The minimum Gasteiger partial charge on any atom is -0.395 e. The Morgan fingerprint density at radius 3 is 2.76 bits per heavy atom. The summed E-state index contributed by atoms with van der Waals surface area (Å²) >= 11 is 0. The second-order valence-electron chi connectivity index (χ2n) is 3.94. The standard InChI is InChI=1S/C13H20N2O2/c1-2-3-6-9-15(10-11-16)13(17)12-7-4-5-8-14-12/h4-5,7-8,16H,2-3,6,9-11H2,1H3. The maximum atomic E-state index is 12.1. The van der Waals surface area contributed by atoms with Gasteiger partial charge < -0.3 is 10.0 Å². The number of carbonyl (C=O) groups is 1. The zero-order valence-corrected chi connectivity index (χ0v) is 10.3. The summed E-state index contributed by atoms with van der Waals surface area (Å²) in [5.41, 5.74) is 0.442. The Labute approximate surface area is 102 Å². The number of rotatable bonds is 7. The normalized spacial score (nSPS) is 10.2. The molecule has 0 spiro atoms. The van der Waals surface area contributed by atoms with E-state index < -0.39 is 0 Å². The maximum Gasteiger partial charge on any atom is 0.272 e. The van der Waals surface area contributed by atoms with Crippen LogP contribution >= 0.6 is 0 Å². The molecule has 1 heterocycles. The van der Waals surface area contributed by atoms with Gasteiger partial charge in [0.15, 0.2) is 0 Å². The fourth-order valence-electron chi connectivity index (χ4n) is 1.64. The largest absolute Gasteiger partial charge is 0.395 e. The van der Waals surface area contributed by atoms with Crippen LogP contribution in [0.5, 0.6) is 0 Å². The Hall–Kier alpha value is -1.42. The first-order valence-electron chi connectivity index (χ1n) is 6.10. The van der Waals surface area contributed by atoms with E-state index in [1.807, 2.05) is 0 Å². The first-order valence-corrected chi connectivity index (χ1v) is 6.10. The maximum absolute atomic E-state index is 12.1. The van der Waals surface area contributed by atoms with Gasteiger partial charge in [-0.05, 0) is 18.6 Å². The van der Waals surface area contributed by atoms with Crippen LogP contribution in [0.15, 0.2) is 24.4 Å². The van der Waals surface area contributed by atoms with E-state index in [0.29, 0.717) is 18.8 Å². The number of amides is 1. The number of hydrogen-bond donors (Lipinski definition) is 1. The second kappa shape index (κ2) is 7.79. The summed E-state index contributed by atoms with van der Waals surface area (Å²) in [6, 6.07) is 5.28. The van der Waals surface area contributed by atoms with Crippen molar-refractivity contribution in [1.29, 1.82) is 0 Å². The first-order chi connectivity index (χ1) is 8.29. The van der Waals surface area contributed by atoms with Crippen molar-refractivity contribution in [3.05, 3.63) is 30.1 Å². The average molecular weight is 236 g/mol. The van der Waals surface area contributed by atoms with Crippen LogP contribution in [0.25, 0.3) is 0 Å². The summed E-state index contributed by atoms with van der Waals surface area (Å²) in [5.74, 6) is -0.101. The molecule has 0 saturated heterocycles. The molecule has 0 aliphatic heterocycles. The highest BCUT2D eigenvalue weighted by atomic mass is 16.3. The minimum atomic E-state index is -0.101. The van der Waals surface area contributed by atoms with Crippen molar-refractivity contribution in [2.75, 3.05) is 19.7 Å². The number of aliphatic hydroxyl groups is 1. The summed E-state index contributed by atoms with van der Waals surface area (Å²) < 4.78 is 0. The Balaban J connectivity index is 2.60. The van der Waals surface area contributed by atoms with Crippen LogP contribution in [0.2, 0.25) is 0 Å². The Morgan fingerprint density at radius 2 is 2.18 bits per heavy atom. The molecule has 1 N–H and O–H groups in total. The number of carbonyl (C=O) groups excluding carboxylic acids is 1. The lowest BCUT2D eigenvalue weighted by atomic mass is 10.2.